The molecule has 5 unspecified atom stereocenters. The van der Waals surface area contributed by atoms with Gasteiger partial charge in [0.15, 0.2) is 6.10 Å². The smallest absolute Gasteiger partial charge is 0.463 e. The van der Waals surface area contributed by atoms with Crippen LogP contribution in [0, 0.1) is 0 Å². The Morgan fingerprint density at radius 1 is 0.282 bits per heavy atom. The Morgan fingerprint density at radius 3 is 0.835 bits per heavy atom. The van der Waals surface area contributed by atoms with Gasteiger partial charge in [-0.1, -0.05) is 294 Å². The summed E-state index contributed by atoms with van der Waals surface area (Å²) in [6.45, 7) is 2.30. The molecule has 586 valence electrons. The van der Waals surface area contributed by atoms with Gasteiger partial charge in [-0.2, -0.15) is 0 Å². The highest BCUT2D eigenvalue weighted by Crippen LogP contribution is 2.45. The van der Waals surface area contributed by atoms with E-state index in [2.05, 4.69) is 191 Å². The van der Waals surface area contributed by atoms with Crippen molar-refractivity contribution < 1.29 is 75.8 Å². The molecule has 4 N–H and O–H groups in total. The van der Waals surface area contributed by atoms with E-state index < -0.39 is 91.5 Å². The first kappa shape index (κ1) is 97.9. The first-order valence-electron chi connectivity index (χ1n) is 39.4. The van der Waals surface area contributed by atoms with Gasteiger partial charge in [0.2, 0.25) is 0 Å². The number of aliphatic hydroxyl groups excluding tert-OH is 2. The molecule has 0 amide bonds. The van der Waals surface area contributed by atoms with Crippen LogP contribution in [0.2, 0.25) is 0 Å². The molecule has 0 aliphatic rings. The van der Waals surface area contributed by atoms with Gasteiger partial charge in [-0.15, -0.1) is 0 Å². The number of phosphoric ester groups is 2. The van der Waals surface area contributed by atoms with Crippen LogP contribution in [0.3, 0.4) is 0 Å². The van der Waals surface area contributed by atoms with Gasteiger partial charge in [0.25, 0.3) is 0 Å². The zero-order chi connectivity index (χ0) is 75.2. The molecule has 16 nitrogen and oxygen atoms in total. The zero-order valence-corrected chi connectivity index (χ0v) is 65.7. The van der Waals surface area contributed by atoms with Crippen molar-refractivity contribution in [3.05, 3.63) is 170 Å². The fourth-order valence-electron chi connectivity index (χ4n) is 9.97. The van der Waals surface area contributed by atoms with E-state index in [0.29, 0.717) is 19.3 Å². The number of unbranched alkanes of at least 4 members (excludes halogenated alkanes) is 22. The molecule has 0 aromatic heterocycles. The van der Waals surface area contributed by atoms with Crippen LogP contribution in [0.4, 0.5) is 0 Å². The summed E-state index contributed by atoms with van der Waals surface area (Å²) in [4.78, 5) is 58.6. The predicted octanol–water partition coefficient (Wildman–Crippen LogP) is 23.2. The van der Waals surface area contributed by atoms with Crippen molar-refractivity contribution in [1.82, 2.24) is 0 Å². The van der Waals surface area contributed by atoms with E-state index in [-0.39, 0.29) is 19.3 Å². The number of rotatable bonds is 73. The number of allylic oxidation sites excluding steroid dienone is 28. The summed E-state index contributed by atoms with van der Waals surface area (Å²) in [7, 11) is -9.81. The van der Waals surface area contributed by atoms with Crippen molar-refractivity contribution in [2.45, 2.75) is 309 Å². The van der Waals surface area contributed by atoms with E-state index in [9.17, 15) is 43.5 Å². The van der Waals surface area contributed by atoms with Crippen molar-refractivity contribution in [3.63, 3.8) is 0 Å². The molecule has 5 atom stereocenters. The third kappa shape index (κ3) is 77.8. The van der Waals surface area contributed by atoms with Crippen LogP contribution in [0.1, 0.15) is 290 Å². The third-order valence-corrected chi connectivity index (χ3v) is 17.8. The molecule has 0 saturated carbocycles. The topological polar surface area (TPSA) is 231 Å². The highest BCUT2D eigenvalue weighted by molar-refractivity contribution is 7.47. The van der Waals surface area contributed by atoms with Crippen LogP contribution in [-0.2, 0) is 55.8 Å². The Bertz CT molecular complexity index is 2550. The largest absolute Gasteiger partial charge is 0.472 e. The molecule has 0 aromatic carbocycles. The van der Waals surface area contributed by atoms with Crippen LogP contribution in [0.25, 0.3) is 0 Å². The maximum atomic E-state index is 12.9. The first-order chi connectivity index (χ1) is 50.2. The van der Waals surface area contributed by atoms with Crippen LogP contribution in [-0.4, -0.2) is 95.9 Å². The minimum atomic E-state index is -4.95. The molecule has 0 aliphatic carbocycles. The Balaban J connectivity index is 4.48. The van der Waals surface area contributed by atoms with Gasteiger partial charge in [0, 0.05) is 19.3 Å². The van der Waals surface area contributed by atoms with Crippen LogP contribution in [0.15, 0.2) is 170 Å². The summed E-state index contributed by atoms with van der Waals surface area (Å²) in [6, 6.07) is 0. The minimum Gasteiger partial charge on any atom is -0.463 e. The van der Waals surface area contributed by atoms with Crippen LogP contribution >= 0.6 is 15.6 Å². The second kappa shape index (κ2) is 76.6. The quantitative estimate of drug-likeness (QED) is 0.0146. The molecule has 0 heterocycles. The molecular formula is C85H140O16P2. The standard InChI is InChI=1S/C85H140O16P2/c1-4-7-10-13-16-19-22-25-27-29-31-33-34-35-36-37-38-39-40-41-42-43-44-46-48-49-51-54-56-59-62-65-68-71-83(88)95-74-80(86)75-97-102(91,92)98-76-81(87)77-99-103(93,94)100-79-82(101-85(90)73-70-67-64-61-58-53-24-21-18-15-12-9-6-3)78-96-84(89)72-69-66-63-60-57-55-52-50-47-45-32-30-28-26-23-20-17-14-11-8-5-2/h7-8,10-12,15-17,19-21,24-28,31-33,35-36,38-39,45,50,52,57,60,80-82,86-87H,4-6,9,13-14,18,22-23,29-30,34,37,40-44,46-49,51,53-56,58-59,61-79H2,1-3H3,(H,91,92)(H,93,94)/b10-7-,11-8-,15-12-,19-16-,20-17-,24-21-,27-25-,28-26-,33-31-,36-35-,39-38-,45-32-,52-50-,60-57-. The second-order valence-corrected chi connectivity index (χ2v) is 28.7. The number of aliphatic hydroxyl groups is 2. The molecule has 0 rings (SSSR count). The average molecular weight is 1480 g/mol. The average Bonchev–Trinajstić information content (AvgIpc) is 0.937. The molecule has 18 heteroatoms. The fraction of sp³-hybridized carbons (Fsp3) is 0.635. The number of phosphoric acid groups is 2. The highest BCUT2D eigenvalue weighted by Gasteiger charge is 2.29. The fourth-order valence-corrected chi connectivity index (χ4v) is 11.6. The second-order valence-electron chi connectivity index (χ2n) is 25.7. The van der Waals surface area contributed by atoms with E-state index in [4.69, 9.17) is 32.3 Å². The zero-order valence-electron chi connectivity index (χ0n) is 63.9. The lowest BCUT2D eigenvalue weighted by Gasteiger charge is -2.21. The van der Waals surface area contributed by atoms with Crippen LogP contribution in [0.5, 0.6) is 0 Å². The number of hydrogen-bond acceptors (Lipinski definition) is 14. The number of esters is 3. The molecule has 0 spiro atoms. The van der Waals surface area contributed by atoms with E-state index in [0.717, 1.165) is 167 Å². The van der Waals surface area contributed by atoms with E-state index >= 15 is 0 Å². The van der Waals surface area contributed by atoms with Crippen molar-refractivity contribution in [2.24, 2.45) is 0 Å². The SMILES string of the molecule is CC/C=C\C/C=C\C/C=C\C/C=C\C/C=C\C/C=C\CCCCCCCCCCCCCCCCC(=O)OCC(O)COP(=O)(O)OCC(O)COP(=O)(O)OCC(COC(=O)CCCC/C=C\C/C=C\C/C=C\C/C=C\C/C=C\C/C=C\CC)OC(=O)CCCCCCC/C=C\C/C=C\CCC. The maximum absolute atomic E-state index is 12.9. The normalized spacial score (nSPS) is 14.9. The van der Waals surface area contributed by atoms with Crippen molar-refractivity contribution in [1.29, 1.82) is 0 Å². The molecule has 0 aromatic rings. The van der Waals surface area contributed by atoms with Crippen molar-refractivity contribution in [2.75, 3.05) is 39.6 Å². The summed E-state index contributed by atoms with van der Waals surface area (Å²) in [6.07, 6.45) is 97.1. The Kier molecular flexibility index (Phi) is 72.8. The summed E-state index contributed by atoms with van der Waals surface area (Å²) in [5.74, 6) is -1.65. The summed E-state index contributed by atoms with van der Waals surface area (Å²) in [5, 5.41) is 20.6. The predicted molar refractivity (Wildman–Crippen MR) is 426 cm³/mol. The monoisotopic (exact) mass is 1480 g/mol. The Hall–Kier alpha value is -5.09. The molecule has 0 aliphatic heterocycles. The highest BCUT2D eigenvalue weighted by atomic mass is 31.2. The molecule has 103 heavy (non-hydrogen) atoms. The van der Waals surface area contributed by atoms with E-state index in [1.165, 1.54) is 64.2 Å². The maximum Gasteiger partial charge on any atom is 0.472 e. The summed E-state index contributed by atoms with van der Waals surface area (Å²) in [5.41, 5.74) is 0. The van der Waals surface area contributed by atoms with Gasteiger partial charge >= 0.3 is 33.6 Å². The Labute approximate surface area is 624 Å². The van der Waals surface area contributed by atoms with Crippen molar-refractivity contribution >= 4 is 33.6 Å². The van der Waals surface area contributed by atoms with E-state index in [1.54, 1.807) is 0 Å². The number of hydrogen-bond donors (Lipinski definition) is 4. The van der Waals surface area contributed by atoms with Gasteiger partial charge < -0.3 is 34.2 Å². The first-order valence-corrected chi connectivity index (χ1v) is 42.4. The van der Waals surface area contributed by atoms with Gasteiger partial charge in [-0.3, -0.25) is 32.5 Å². The number of carbonyl (C=O) groups excluding carboxylic acids is 3. The van der Waals surface area contributed by atoms with Gasteiger partial charge in [-0.25, -0.2) is 9.13 Å². The number of carbonyl (C=O) groups is 3. The number of ether oxygens (including phenoxy) is 3. The van der Waals surface area contributed by atoms with Crippen LogP contribution < -0.4 is 0 Å². The molecule has 0 radical (unpaired) electrons. The summed E-state index contributed by atoms with van der Waals surface area (Å²) < 4.78 is 61.0. The van der Waals surface area contributed by atoms with Gasteiger partial charge in [0.1, 0.15) is 25.4 Å². The lowest BCUT2D eigenvalue weighted by molar-refractivity contribution is -0.161. The van der Waals surface area contributed by atoms with Gasteiger partial charge in [-0.05, 0) is 148 Å². The molecule has 0 bridgehead atoms. The lowest BCUT2D eigenvalue weighted by atomic mass is 10.0. The molecule has 0 fully saturated rings. The third-order valence-electron chi connectivity index (χ3n) is 15.9. The Morgan fingerprint density at radius 2 is 0.515 bits per heavy atom. The van der Waals surface area contributed by atoms with Gasteiger partial charge in [0.05, 0.1) is 26.4 Å². The molecule has 0 saturated heterocycles. The van der Waals surface area contributed by atoms with Crippen molar-refractivity contribution in [3.8, 4) is 0 Å². The lowest BCUT2D eigenvalue weighted by Crippen LogP contribution is -2.30. The summed E-state index contributed by atoms with van der Waals surface area (Å²) >= 11 is 0. The van der Waals surface area contributed by atoms with E-state index in [1.807, 2.05) is 0 Å². The molecular weight excluding hydrogens is 1340 g/mol. The minimum absolute atomic E-state index is 0.0733.